The molecule has 5 nitrogen and oxygen atoms in total. The Morgan fingerprint density at radius 1 is 0.800 bits per heavy atom. The number of rotatable bonds is 3. The second kappa shape index (κ2) is 3.90. The van der Waals surface area contributed by atoms with E-state index in [2.05, 4.69) is 4.98 Å². The topological polar surface area (TPSA) is 53.0 Å². The number of amides is 2. The maximum Gasteiger partial charge on any atom is 0.247 e. The van der Waals surface area contributed by atoms with E-state index in [1.807, 2.05) is 30.3 Å². The molecular weight excluding hydrogens is 254 g/mol. The summed E-state index contributed by atoms with van der Waals surface area (Å²) in [5, 5.41) is 0. The molecule has 2 aliphatic heterocycles. The number of hydrogen-bond donors (Lipinski definition) is 0. The number of hydrogen-bond acceptors (Lipinski definition) is 3. The summed E-state index contributed by atoms with van der Waals surface area (Å²) in [4.78, 5) is 30.1. The van der Waals surface area contributed by atoms with Crippen LogP contribution in [0.25, 0.3) is 11.1 Å². The minimum atomic E-state index is 0.111. The first-order chi connectivity index (χ1) is 9.72. The lowest BCUT2D eigenvalue weighted by Crippen LogP contribution is -1.99. The van der Waals surface area contributed by atoms with Crippen molar-refractivity contribution in [2.75, 3.05) is 22.9 Å². The second-order valence-electron chi connectivity index (χ2n) is 4.93. The summed E-state index contributed by atoms with van der Waals surface area (Å²) in [7, 11) is 0. The van der Waals surface area contributed by atoms with Gasteiger partial charge in [0.05, 0.1) is 0 Å². The van der Waals surface area contributed by atoms with Gasteiger partial charge in [0.1, 0.15) is 13.1 Å². The zero-order valence-corrected chi connectivity index (χ0v) is 10.6. The molecule has 0 unspecified atom stereocenters. The lowest BCUT2D eigenvalue weighted by Gasteiger charge is -2.10. The van der Waals surface area contributed by atoms with Crippen LogP contribution in [0.5, 0.6) is 0 Å². The molecule has 0 bridgehead atoms. The van der Waals surface area contributed by atoms with Crippen molar-refractivity contribution >= 4 is 23.2 Å². The Labute approximate surface area is 115 Å². The molecule has 3 heterocycles. The van der Waals surface area contributed by atoms with Gasteiger partial charge in [-0.3, -0.25) is 14.6 Å². The first kappa shape index (κ1) is 11.2. The summed E-state index contributed by atoms with van der Waals surface area (Å²) >= 11 is 0. The van der Waals surface area contributed by atoms with Crippen molar-refractivity contribution in [1.29, 1.82) is 0 Å². The van der Waals surface area contributed by atoms with Gasteiger partial charge in [-0.05, 0) is 41.5 Å². The molecule has 2 fully saturated rings. The summed E-state index contributed by atoms with van der Waals surface area (Å²) in [6.07, 6.45) is 3.46. The summed E-state index contributed by atoms with van der Waals surface area (Å²) in [6, 6.07) is 9.66. The van der Waals surface area contributed by atoms with Crippen LogP contribution in [-0.2, 0) is 9.59 Å². The van der Waals surface area contributed by atoms with Crippen LogP contribution in [0.15, 0.2) is 42.7 Å². The van der Waals surface area contributed by atoms with Crippen LogP contribution in [-0.4, -0.2) is 29.9 Å². The lowest BCUT2D eigenvalue weighted by molar-refractivity contribution is -0.110. The zero-order chi connectivity index (χ0) is 13.7. The van der Waals surface area contributed by atoms with E-state index in [1.165, 1.54) is 0 Å². The van der Waals surface area contributed by atoms with Gasteiger partial charge in [-0.2, -0.15) is 0 Å². The highest BCUT2D eigenvalue weighted by molar-refractivity contribution is 6.15. The molecule has 2 amide bonds. The number of carbonyl (C=O) groups excluding carboxylic acids is 2. The van der Waals surface area contributed by atoms with E-state index in [0.29, 0.717) is 13.1 Å². The molecule has 98 valence electrons. The highest BCUT2D eigenvalue weighted by Gasteiger charge is 2.35. The van der Waals surface area contributed by atoms with Crippen LogP contribution in [0.1, 0.15) is 0 Å². The van der Waals surface area contributed by atoms with E-state index >= 15 is 0 Å². The third kappa shape index (κ3) is 1.84. The van der Waals surface area contributed by atoms with Crippen molar-refractivity contribution in [2.45, 2.75) is 0 Å². The van der Waals surface area contributed by atoms with E-state index in [9.17, 15) is 9.59 Å². The Bertz CT molecular complexity index is 687. The van der Waals surface area contributed by atoms with Crippen LogP contribution >= 0.6 is 0 Å². The van der Waals surface area contributed by atoms with Gasteiger partial charge in [0.25, 0.3) is 0 Å². The van der Waals surface area contributed by atoms with Crippen LogP contribution in [0.3, 0.4) is 0 Å². The molecule has 0 atom stereocenters. The number of aromatic nitrogens is 1. The van der Waals surface area contributed by atoms with Gasteiger partial charge in [0.15, 0.2) is 0 Å². The second-order valence-corrected chi connectivity index (χ2v) is 4.93. The van der Waals surface area contributed by atoms with E-state index < -0.39 is 0 Å². The first-order valence-electron chi connectivity index (χ1n) is 6.38. The largest absolute Gasteiger partial charge is 0.301 e. The molecule has 0 spiro atoms. The molecular formula is C15H11N3O2. The molecule has 5 heteroatoms. The zero-order valence-electron chi connectivity index (χ0n) is 10.6. The van der Waals surface area contributed by atoms with Crippen molar-refractivity contribution < 1.29 is 9.59 Å². The van der Waals surface area contributed by atoms with Crippen LogP contribution in [0, 0.1) is 0 Å². The first-order valence-corrected chi connectivity index (χ1v) is 6.38. The predicted octanol–water partition coefficient (Wildman–Crippen LogP) is 1.44. The SMILES string of the molecule is O=C1CN1c1cc(-c2ccncc2)cc(N2CC2=O)c1. The van der Waals surface area contributed by atoms with Gasteiger partial charge in [0, 0.05) is 23.8 Å². The van der Waals surface area contributed by atoms with Gasteiger partial charge in [-0.1, -0.05) is 0 Å². The minimum Gasteiger partial charge on any atom is -0.301 e. The average molecular weight is 265 g/mol. The third-order valence-electron chi connectivity index (χ3n) is 3.52. The number of carbonyl (C=O) groups is 2. The molecule has 20 heavy (non-hydrogen) atoms. The number of anilines is 2. The van der Waals surface area contributed by atoms with Gasteiger partial charge in [0.2, 0.25) is 11.8 Å². The number of pyridine rings is 1. The Balaban J connectivity index is 1.81. The molecule has 0 saturated carbocycles. The van der Waals surface area contributed by atoms with Crippen LogP contribution in [0.2, 0.25) is 0 Å². The van der Waals surface area contributed by atoms with E-state index in [-0.39, 0.29) is 11.8 Å². The van der Waals surface area contributed by atoms with Crippen molar-refractivity contribution in [3.8, 4) is 11.1 Å². The molecule has 2 aliphatic rings. The molecule has 0 N–H and O–H groups in total. The van der Waals surface area contributed by atoms with Crippen molar-refractivity contribution in [3.63, 3.8) is 0 Å². The van der Waals surface area contributed by atoms with Gasteiger partial charge in [-0.25, -0.2) is 0 Å². The molecule has 0 radical (unpaired) electrons. The molecule has 1 aromatic carbocycles. The highest BCUT2D eigenvalue weighted by Crippen LogP contribution is 2.35. The molecule has 2 aromatic rings. The third-order valence-corrected chi connectivity index (χ3v) is 3.52. The Kier molecular flexibility index (Phi) is 2.18. The number of nitrogens with zero attached hydrogens (tertiary/aromatic N) is 3. The summed E-state index contributed by atoms with van der Waals surface area (Å²) in [5.41, 5.74) is 3.70. The fraction of sp³-hybridized carbons (Fsp3) is 0.133. The maximum atomic E-state index is 11.3. The van der Waals surface area contributed by atoms with Crippen LogP contribution in [0.4, 0.5) is 11.4 Å². The normalized spacial score (nSPS) is 16.6. The quantitative estimate of drug-likeness (QED) is 0.789. The summed E-state index contributed by atoms with van der Waals surface area (Å²) in [5.74, 6) is 0.222. The van der Waals surface area contributed by atoms with Crippen molar-refractivity contribution in [3.05, 3.63) is 42.7 Å². The minimum absolute atomic E-state index is 0.111. The fourth-order valence-corrected chi connectivity index (χ4v) is 2.29. The monoisotopic (exact) mass is 265 g/mol. The average Bonchev–Trinajstić information content (AvgIpc) is 3.38. The fourth-order valence-electron chi connectivity index (χ4n) is 2.29. The highest BCUT2D eigenvalue weighted by atomic mass is 16.2. The lowest BCUT2D eigenvalue weighted by atomic mass is 10.1. The standard InChI is InChI=1S/C15H11N3O2/c19-14-8-17(14)12-5-11(10-1-3-16-4-2-10)6-13(7-12)18-9-15(18)20/h1-7H,8-9H2. The van der Waals surface area contributed by atoms with Gasteiger partial charge >= 0.3 is 0 Å². The van der Waals surface area contributed by atoms with E-state index in [0.717, 1.165) is 22.5 Å². The predicted molar refractivity (Wildman–Crippen MR) is 74.4 cm³/mol. The summed E-state index contributed by atoms with van der Waals surface area (Å²) < 4.78 is 0. The molecule has 2 saturated heterocycles. The molecule has 4 rings (SSSR count). The van der Waals surface area contributed by atoms with E-state index in [4.69, 9.17) is 0 Å². The van der Waals surface area contributed by atoms with Crippen LogP contribution < -0.4 is 9.80 Å². The Morgan fingerprint density at radius 2 is 1.30 bits per heavy atom. The molecule has 0 aliphatic carbocycles. The van der Waals surface area contributed by atoms with Gasteiger partial charge < -0.3 is 9.80 Å². The Hall–Kier alpha value is -2.69. The number of benzene rings is 1. The van der Waals surface area contributed by atoms with E-state index in [1.54, 1.807) is 22.2 Å². The van der Waals surface area contributed by atoms with Gasteiger partial charge in [-0.15, -0.1) is 0 Å². The van der Waals surface area contributed by atoms with Crippen molar-refractivity contribution in [2.24, 2.45) is 0 Å². The smallest absolute Gasteiger partial charge is 0.247 e. The summed E-state index contributed by atoms with van der Waals surface area (Å²) in [6.45, 7) is 0.903. The Morgan fingerprint density at radius 3 is 1.75 bits per heavy atom. The van der Waals surface area contributed by atoms with Crippen molar-refractivity contribution in [1.82, 2.24) is 4.98 Å². The maximum absolute atomic E-state index is 11.3. The molecule has 1 aromatic heterocycles.